The van der Waals surface area contributed by atoms with Crippen LogP contribution in [0.4, 0.5) is 0 Å². The van der Waals surface area contributed by atoms with Crippen molar-refractivity contribution >= 4 is 6.08 Å². The van der Waals surface area contributed by atoms with Crippen LogP contribution >= 0.6 is 0 Å². The van der Waals surface area contributed by atoms with Gasteiger partial charge in [-0.15, -0.1) is 0 Å². The molecule has 0 aromatic carbocycles. The van der Waals surface area contributed by atoms with E-state index >= 15 is 0 Å². The van der Waals surface area contributed by atoms with Gasteiger partial charge in [-0.2, -0.15) is 10.1 Å². The van der Waals surface area contributed by atoms with Crippen molar-refractivity contribution in [2.24, 2.45) is 10.9 Å². The Labute approximate surface area is 89.0 Å². The number of carbonyl (C=O) groups excluding carboxylic acids is 1. The molecule has 0 spiro atoms. The van der Waals surface area contributed by atoms with E-state index in [9.17, 15) is 4.79 Å². The van der Waals surface area contributed by atoms with Gasteiger partial charge in [-0.25, -0.2) is 4.79 Å². The molecule has 0 unspecified atom stereocenters. The van der Waals surface area contributed by atoms with E-state index in [1.165, 1.54) is 0 Å². The standard InChI is InChI=1S/C11H15N3O/c1-9(2)7-14-6-3-10(13-14)11(4-5-11)12-8-15/h3,6,9H,4-5,7H2,1-2H3. The van der Waals surface area contributed by atoms with Crippen LogP contribution in [0.2, 0.25) is 0 Å². The topological polar surface area (TPSA) is 47.2 Å². The second-order valence-corrected chi connectivity index (χ2v) is 4.55. The van der Waals surface area contributed by atoms with Crippen molar-refractivity contribution in [3.8, 4) is 0 Å². The monoisotopic (exact) mass is 205 g/mol. The molecule has 0 radical (unpaired) electrons. The summed E-state index contributed by atoms with van der Waals surface area (Å²) in [5, 5.41) is 4.45. The van der Waals surface area contributed by atoms with E-state index in [2.05, 4.69) is 23.9 Å². The maximum Gasteiger partial charge on any atom is 0.235 e. The quantitative estimate of drug-likeness (QED) is 0.556. The van der Waals surface area contributed by atoms with Gasteiger partial charge in [0.2, 0.25) is 6.08 Å². The van der Waals surface area contributed by atoms with Crippen LogP contribution in [0, 0.1) is 5.92 Å². The Kier molecular flexibility index (Phi) is 2.45. The lowest BCUT2D eigenvalue weighted by Gasteiger charge is -2.05. The highest BCUT2D eigenvalue weighted by Crippen LogP contribution is 2.48. The van der Waals surface area contributed by atoms with E-state index in [1.54, 1.807) is 6.08 Å². The highest BCUT2D eigenvalue weighted by molar-refractivity contribution is 5.39. The molecule has 1 fully saturated rings. The summed E-state index contributed by atoms with van der Waals surface area (Å²) in [5.41, 5.74) is 0.579. The van der Waals surface area contributed by atoms with E-state index in [4.69, 9.17) is 0 Å². The fraction of sp³-hybridized carbons (Fsp3) is 0.636. The van der Waals surface area contributed by atoms with Gasteiger partial charge in [0.25, 0.3) is 0 Å². The third-order valence-corrected chi connectivity index (χ3v) is 2.65. The van der Waals surface area contributed by atoms with Crippen molar-refractivity contribution in [2.75, 3.05) is 0 Å². The Morgan fingerprint density at radius 2 is 2.40 bits per heavy atom. The first-order chi connectivity index (χ1) is 7.16. The van der Waals surface area contributed by atoms with Crippen molar-refractivity contribution in [3.05, 3.63) is 18.0 Å². The van der Waals surface area contributed by atoms with Gasteiger partial charge in [0.1, 0.15) is 5.54 Å². The molecule has 1 aliphatic rings. The molecule has 0 atom stereocenters. The predicted molar refractivity (Wildman–Crippen MR) is 56.1 cm³/mol. The van der Waals surface area contributed by atoms with Crippen molar-refractivity contribution in [2.45, 2.75) is 38.8 Å². The Morgan fingerprint density at radius 1 is 1.67 bits per heavy atom. The third-order valence-electron chi connectivity index (χ3n) is 2.65. The number of rotatable bonds is 4. The van der Waals surface area contributed by atoms with Gasteiger partial charge in [0.05, 0.1) is 5.69 Å². The minimum atomic E-state index is -0.329. The van der Waals surface area contributed by atoms with E-state index in [0.717, 1.165) is 25.1 Å². The second kappa shape index (κ2) is 3.63. The molecule has 0 bridgehead atoms. The van der Waals surface area contributed by atoms with Crippen LogP contribution in [-0.2, 0) is 16.9 Å². The van der Waals surface area contributed by atoms with Crippen molar-refractivity contribution in [3.63, 3.8) is 0 Å². The molecular weight excluding hydrogens is 190 g/mol. The Balaban J connectivity index is 2.17. The summed E-state index contributed by atoms with van der Waals surface area (Å²) in [7, 11) is 0. The molecule has 0 N–H and O–H groups in total. The Bertz CT molecular complexity index is 398. The van der Waals surface area contributed by atoms with Gasteiger partial charge in [-0.05, 0) is 24.8 Å². The summed E-state index contributed by atoms with van der Waals surface area (Å²) in [6, 6.07) is 1.95. The highest BCUT2D eigenvalue weighted by Gasteiger charge is 2.46. The molecule has 4 nitrogen and oxygen atoms in total. The van der Waals surface area contributed by atoms with Gasteiger partial charge in [0, 0.05) is 12.7 Å². The molecule has 0 amide bonds. The molecule has 1 aliphatic carbocycles. The lowest BCUT2D eigenvalue weighted by atomic mass is 10.2. The molecule has 80 valence electrons. The number of nitrogens with zero attached hydrogens (tertiary/aromatic N) is 3. The van der Waals surface area contributed by atoms with Crippen LogP contribution in [0.1, 0.15) is 32.4 Å². The van der Waals surface area contributed by atoms with Gasteiger partial charge in [-0.3, -0.25) is 4.68 Å². The van der Waals surface area contributed by atoms with E-state index in [-0.39, 0.29) is 5.54 Å². The summed E-state index contributed by atoms with van der Waals surface area (Å²) >= 11 is 0. The van der Waals surface area contributed by atoms with Crippen LogP contribution in [0.15, 0.2) is 17.3 Å². The van der Waals surface area contributed by atoms with Crippen molar-refractivity contribution in [1.82, 2.24) is 9.78 Å². The molecule has 1 saturated carbocycles. The first-order valence-corrected chi connectivity index (χ1v) is 5.29. The van der Waals surface area contributed by atoms with Gasteiger partial charge in [0.15, 0.2) is 0 Å². The lowest BCUT2D eigenvalue weighted by Crippen LogP contribution is -2.08. The third kappa shape index (κ3) is 2.00. The van der Waals surface area contributed by atoms with Crippen LogP contribution in [0.25, 0.3) is 0 Å². The molecule has 0 saturated heterocycles. The maximum absolute atomic E-state index is 10.3. The maximum atomic E-state index is 10.3. The molecule has 15 heavy (non-hydrogen) atoms. The fourth-order valence-electron chi connectivity index (χ4n) is 1.72. The van der Waals surface area contributed by atoms with Crippen LogP contribution in [0.3, 0.4) is 0 Å². The average Bonchev–Trinajstić information content (AvgIpc) is 2.79. The summed E-state index contributed by atoms with van der Waals surface area (Å²) < 4.78 is 1.92. The fourth-order valence-corrected chi connectivity index (χ4v) is 1.72. The summed E-state index contributed by atoms with van der Waals surface area (Å²) in [4.78, 5) is 14.1. The molecule has 4 heteroatoms. The van der Waals surface area contributed by atoms with Gasteiger partial charge in [-0.1, -0.05) is 13.8 Å². The molecular formula is C11H15N3O. The summed E-state index contributed by atoms with van der Waals surface area (Å²) in [5.74, 6) is 0.572. The van der Waals surface area contributed by atoms with E-state index < -0.39 is 0 Å². The SMILES string of the molecule is CC(C)Cn1ccc(C2(N=C=O)CC2)n1. The van der Waals surface area contributed by atoms with Gasteiger partial charge < -0.3 is 0 Å². The molecule has 0 aliphatic heterocycles. The smallest absolute Gasteiger partial charge is 0.235 e. The van der Waals surface area contributed by atoms with Crippen LogP contribution in [0.5, 0.6) is 0 Å². The van der Waals surface area contributed by atoms with Gasteiger partial charge >= 0.3 is 0 Å². The molecule has 1 heterocycles. The minimum absolute atomic E-state index is 0.329. The first kappa shape index (κ1) is 10.1. The minimum Gasteiger partial charge on any atom is -0.272 e. The Morgan fingerprint density at radius 3 is 2.93 bits per heavy atom. The summed E-state index contributed by atoms with van der Waals surface area (Å²) in [6.07, 6.45) is 5.43. The largest absolute Gasteiger partial charge is 0.272 e. The zero-order chi connectivity index (χ0) is 10.9. The summed E-state index contributed by atoms with van der Waals surface area (Å²) in [6.45, 7) is 5.20. The lowest BCUT2D eigenvalue weighted by molar-refractivity contribution is 0.474. The second-order valence-electron chi connectivity index (χ2n) is 4.55. The zero-order valence-corrected chi connectivity index (χ0v) is 9.10. The first-order valence-electron chi connectivity index (χ1n) is 5.29. The molecule has 1 aromatic rings. The molecule has 2 rings (SSSR count). The van der Waals surface area contributed by atoms with Crippen molar-refractivity contribution in [1.29, 1.82) is 0 Å². The van der Waals surface area contributed by atoms with Crippen LogP contribution in [-0.4, -0.2) is 15.9 Å². The predicted octanol–water partition coefficient (Wildman–Crippen LogP) is 1.86. The van der Waals surface area contributed by atoms with Crippen molar-refractivity contribution < 1.29 is 4.79 Å². The number of aliphatic imine (C=N–C) groups is 1. The highest BCUT2D eigenvalue weighted by atomic mass is 16.1. The normalized spacial score (nSPS) is 17.5. The van der Waals surface area contributed by atoms with E-state index in [1.807, 2.05) is 16.9 Å². The number of aromatic nitrogens is 2. The molecule has 1 aromatic heterocycles. The van der Waals surface area contributed by atoms with Crippen LogP contribution < -0.4 is 0 Å². The van der Waals surface area contributed by atoms with E-state index in [0.29, 0.717) is 5.92 Å². The zero-order valence-electron chi connectivity index (χ0n) is 9.10. The number of hydrogen-bond acceptors (Lipinski definition) is 3. The number of hydrogen-bond donors (Lipinski definition) is 0. The average molecular weight is 205 g/mol. The Hall–Kier alpha value is -1.41. The number of isocyanates is 1.